The molecular weight excluding hydrogens is 328 g/mol. The lowest BCUT2D eigenvalue weighted by Gasteiger charge is -2.22. The first-order valence-electron chi connectivity index (χ1n) is 8.05. The van der Waals surface area contributed by atoms with Gasteiger partial charge in [0, 0.05) is 31.4 Å². The van der Waals surface area contributed by atoms with Crippen LogP contribution < -0.4 is 10.2 Å². The lowest BCUT2D eigenvalue weighted by atomic mass is 10.1. The van der Waals surface area contributed by atoms with Crippen LogP contribution in [0.25, 0.3) is 0 Å². The van der Waals surface area contributed by atoms with Gasteiger partial charge >= 0.3 is 6.09 Å². The number of rotatable bonds is 5. The first kappa shape index (κ1) is 18.8. The highest BCUT2D eigenvalue weighted by Gasteiger charge is 2.26. The Balaban J connectivity index is 1.92. The first-order valence-corrected chi connectivity index (χ1v) is 9.27. The van der Waals surface area contributed by atoms with Crippen molar-refractivity contribution in [2.75, 3.05) is 30.8 Å². The highest BCUT2D eigenvalue weighted by molar-refractivity contribution is 7.98. The third-order valence-corrected chi connectivity index (χ3v) is 4.25. The number of amides is 1. The molecule has 0 saturated carbocycles. The van der Waals surface area contributed by atoms with E-state index >= 15 is 0 Å². The monoisotopic (exact) mass is 354 g/mol. The summed E-state index contributed by atoms with van der Waals surface area (Å²) in [6, 6.07) is 0. The normalized spacial score (nSPS) is 17.9. The Morgan fingerprint density at radius 1 is 1.54 bits per heavy atom. The number of aliphatic hydroxyl groups excluding tert-OH is 1. The van der Waals surface area contributed by atoms with Gasteiger partial charge in [-0.1, -0.05) is 11.8 Å². The largest absolute Gasteiger partial charge is 0.444 e. The average Bonchev–Trinajstić information content (AvgIpc) is 2.99. The predicted octanol–water partition coefficient (Wildman–Crippen LogP) is 2.04. The Morgan fingerprint density at radius 3 is 2.92 bits per heavy atom. The van der Waals surface area contributed by atoms with Crippen molar-refractivity contribution in [3.63, 3.8) is 0 Å². The summed E-state index contributed by atoms with van der Waals surface area (Å²) >= 11 is 1.48. The van der Waals surface area contributed by atoms with E-state index in [1.54, 1.807) is 6.20 Å². The fourth-order valence-corrected chi connectivity index (χ4v) is 2.94. The molecule has 0 aliphatic carbocycles. The summed E-state index contributed by atoms with van der Waals surface area (Å²) in [5.41, 5.74) is 0.241. The molecular formula is C16H26N4O3S. The lowest BCUT2D eigenvalue weighted by Crippen LogP contribution is -2.36. The smallest absolute Gasteiger partial charge is 0.407 e. The highest BCUT2D eigenvalue weighted by atomic mass is 32.2. The number of hydrogen-bond donors (Lipinski definition) is 2. The number of thioether (sulfide) groups is 1. The van der Waals surface area contributed by atoms with Crippen molar-refractivity contribution in [2.24, 2.45) is 5.92 Å². The summed E-state index contributed by atoms with van der Waals surface area (Å²) in [6.45, 7) is 7.66. The molecule has 0 spiro atoms. The number of ether oxygens (including phenoxy) is 1. The van der Waals surface area contributed by atoms with Gasteiger partial charge in [-0.25, -0.2) is 14.8 Å². The zero-order valence-electron chi connectivity index (χ0n) is 14.7. The van der Waals surface area contributed by atoms with Crippen molar-refractivity contribution in [2.45, 2.75) is 44.6 Å². The van der Waals surface area contributed by atoms with Gasteiger partial charge in [-0.2, -0.15) is 0 Å². The van der Waals surface area contributed by atoms with Crippen molar-refractivity contribution >= 4 is 23.7 Å². The molecule has 1 aromatic heterocycles. The van der Waals surface area contributed by atoms with Gasteiger partial charge < -0.3 is 20.1 Å². The first-order chi connectivity index (χ1) is 11.3. The van der Waals surface area contributed by atoms with Crippen LogP contribution in [0.15, 0.2) is 11.4 Å². The van der Waals surface area contributed by atoms with Gasteiger partial charge in [0.25, 0.3) is 0 Å². The summed E-state index contributed by atoms with van der Waals surface area (Å²) in [4.78, 5) is 22.6. The summed E-state index contributed by atoms with van der Waals surface area (Å²) < 4.78 is 5.26. The number of aliphatic hydroxyl groups is 1. The number of nitrogens with zero attached hydrogens (tertiary/aromatic N) is 3. The van der Waals surface area contributed by atoms with Gasteiger partial charge in [0.15, 0.2) is 5.16 Å². The molecule has 0 aromatic carbocycles. The van der Waals surface area contributed by atoms with Crippen molar-refractivity contribution < 1.29 is 14.6 Å². The molecule has 0 radical (unpaired) electrons. The van der Waals surface area contributed by atoms with E-state index in [2.05, 4.69) is 20.2 Å². The topological polar surface area (TPSA) is 87.6 Å². The molecule has 1 aliphatic rings. The number of carbonyl (C=O) groups is 1. The maximum absolute atomic E-state index is 11.7. The number of aromatic nitrogens is 2. The standard InChI is InChI=1S/C16H26N4O3S/c1-16(2,3)23-15(22)18-7-11-5-6-20(9-11)13-12(10-21)8-17-14(19-13)24-4/h8,11,21H,5-7,9-10H2,1-4H3,(H,18,22). The maximum Gasteiger partial charge on any atom is 0.407 e. The van der Waals surface area contributed by atoms with Crippen LogP contribution in [-0.2, 0) is 11.3 Å². The second-order valence-electron chi connectivity index (χ2n) is 6.85. The van der Waals surface area contributed by atoms with Crippen LogP contribution in [0.2, 0.25) is 0 Å². The third-order valence-electron chi connectivity index (χ3n) is 3.69. The van der Waals surface area contributed by atoms with E-state index in [0.29, 0.717) is 17.6 Å². The molecule has 2 N–H and O–H groups in total. The van der Waals surface area contributed by atoms with E-state index in [1.807, 2.05) is 27.0 Å². The predicted molar refractivity (Wildman–Crippen MR) is 94.3 cm³/mol. The van der Waals surface area contributed by atoms with Crippen molar-refractivity contribution in [3.05, 3.63) is 11.8 Å². The fourth-order valence-electron chi connectivity index (χ4n) is 2.60. The number of nitrogens with one attached hydrogen (secondary N) is 1. The van der Waals surface area contributed by atoms with Crippen LogP contribution in [0.3, 0.4) is 0 Å². The van der Waals surface area contributed by atoms with Crippen molar-refractivity contribution in [1.82, 2.24) is 15.3 Å². The Bertz CT molecular complexity index is 577. The Kier molecular flexibility index (Phi) is 6.28. The number of carbonyl (C=O) groups excluding carboxylic acids is 1. The maximum atomic E-state index is 11.7. The molecule has 1 aromatic rings. The summed E-state index contributed by atoms with van der Waals surface area (Å²) in [7, 11) is 0. The number of alkyl carbamates (subject to hydrolysis) is 1. The Morgan fingerprint density at radius 2 is 2.29 bits per heavy atom. The summed E-state index contributed by atoms with van der Waals surface area (Å²) in [5, 5.41) is 13.0. The van der Waals surface area contributed by atoms with Crippen molar-refractivity contribution in [3.8, 4) is 0 Å². The number of anilines is 1. The van der Waals surface area contributed by atoms with Gasteiger partial charge in [-0.05, 0) is 39.4 Å². The highest BCUT2D eigenvalue weighted by Crippen LogP contribution is 2.26. The SMILES string of the molecule is CSc1ncc(CO)c(N2CCC(CNC(=O)OC(C)(C)C)C2)n1. The van der Waals surface area contributed by atoms with E-state index in [0.717, 1.165) is 30.9 Å². The minimum absolute atomic E-state index is 0.0820. The molecule has 1 aliphatic heterocycles. The molecule has 8 heteroatoms. The second-order valence-corrected chi connectivity index (χ2v) is 7.62. The molecule has 0 bridgehead atoms. The van der Waals surface area contributed by atoms with Gasteiger partial charge in [0.2, 0.25) is 0 Å². The minimum Gasteiger partial charge on any atom is -0.444 e. The van der Waals surface area contributed by atoms with Crippen LogP contribution >= 0.6 is 11.8 Å². The zero-order chi connectivity index (χ0) is 17.7. The van der Waals surface area contributed by atoms with E-state index in [-0.39, 0.29) is 12.7 Å². The van der Waals surface area contributed by atoms with Crippen LogP contribution in [0.1, 0.15) is 32.8 Å². The van der Waals surface area contributed by atoms with Crippen LogP contribution in [0, 0.1) is 5.92 Å². The molecule has 134 valence electrons. The third kappa shape index (κ3) is 5.24. The van der Waals surface area contributed by atoms with Gasteiger partial charge in [0.1, 0.15) is 11.4 Å². The van der Waals surface area contributed by atoms with Crippen LogP contribution in [0.5, 0.6) is 0 Å². The van der Waals surface area contributed by atoms with E-state index in [4.69, 9.17) is 4.74 Å². The lowest BCUT2D eigenvalue weighted by molar-refractivity contribution is 0.0520. The van der Waals surface area contributed by atoms with E-state index in [1.165, 1.54) is 11.8 Å². The molecule has 1 amide bonds. The fraction of sp³-hybridized carbons (Fsp3) is 0.688. The zero-order valence-corrected chi connectivity index (χ0v) is 15.5. The van der Waals surface area contributed by atoms with Gasteiger partial charge in [-0.3, -0.25) is 0 Å². The average molecular weight is 354 g/mol. The van der Waals surface area contributed by atoms with Crippen molar-refractivity contribution in [1.29, 1.82) is 0 Å². The molecule has 2 heterocycles. The number of hydrogen-bond acceptors (Lipinski definition) is 7. The van der Waals surface area contributed by atoms with E-state index < -0.39 is 5.60 Å². The van der Waals surface area contributed by atoms with E-state index in [9.17, 15) is 9.90 Å². The van der Waals surface area contributed by atoms with Gasteiger partial charge in [0.05, 0.1) is 6.61 Å². The Hall–Kier alpha value is -1.54. The van der Waals surface area contributed by atoms with Gasteiger partial charge in [-0.15, -0.1) is 0 Å². The quantitative estimate of drug-likeness (QED) is 0.618. The summed E-state index contributed by atoms with van der Waals surface area (Å²) in [6.07, 6.45) is 4.18. The molecule has 7 nitrogen and oxygen atoms in total. The second kappa shape index (κ2) is 8.02. The molecule has 1 atom stereocenters. The molecule has 1 unspecified atom stereocenters. The summed E-state index contributed by atoms with van der Waals surface area (Å²) in [5.74, 6) is 1.12. The molecule has 1 saturated heterocycles. The molecule has 1 fully saturated rings. The van der Waals surface area contributed by atoms with Crippen LogP contribution in [0.4, 0.5) is 10.6 Å². The van der Waals surface area contributed by atoms with Crippen LogP contribution in [-0.4, -0.2) is 52.7 Å². The Labute approximate surface area is 147 Å². The molecule has 2 rings (SSSR count). The molecule has 24 heavy (non-hydrogen) atoms. The minimum atomic E-state index is -0.489.